The van der Waals surface area contributed by atoms with Crippen molar-refractivity contribution in [3.63, 3.8) is 0 Å². The summed E-state index contributed by atoms with van der Waals surface area (Å²) in [4.78, 5) is 34.4. The molecule has 1 aromatic carbocycles. The minimum absolute atomic E-state index is 0.000941. The molecule has 1 unspecified atom stereocenters. The van der Waals surface area contributed by atoms with E-state index >= 15 is 0 Å². The number of aliphatic hydroxyl groups is 1. The number of amides is 1. The lowest BCUT2D eigenvalue weighted by Gasteiger charge is -2.19. The van der Waals surface area contributed by atoms with Crippen LogP contribution >= 0.6 is 0 Å². The molecular formula is C26H28N4O4. The fraction of sp³-hybridized carbons (Fsp3) is 0.269. The monoisotopic (exact) mass is 460 g/mol. The van der Waals surface area contributed by atoms with Crippen LogP contribution in [0.3, 0.4) is 0 Å². The van der Waals surface area contributed by atoms with Crippen molar-refractivity contribution in [2.45, 2.75) is 12.8 Å². The summed E-state index contributed by atoms with van der Waals surface area (Å²) in [5.41, 5.74) is 4.40. The second-order valence-corrected chi connectivity index (χ2v) is 8.35. The van der Waals surface area contributed by atoms with Crippen LogP contribution in [0.25, 0.3) is 11.3 Å². The summed E-state index contributed by atoms with van der Waals surface area (Å²) in [5, 5.41) is 12.6. The van der Waals surface area contributed by atoms with Gasteiger partial charge >= 0.3 is 0 Å². The number of fused-ring (bicyclic) bond motifs is 1. The normalized spacial score (nSPS) is 15.3. The third-order valence-corrected chi connectivity index (χ3v) is 5.67. The molecule has 4 rings (SSSR count). The quantitative estimate of drug-likeness (QED) is 0.444. The molecular weight excluding hydrogens is 432 g/mol. The molecule has 0 spiro atoms. The lowest BCUT2D eigenvalue weighted by atomic mass is 9.86. The maximum atomic E-state index is 13.3. The van der Waals surface area contributed by atoms with Crippen LogP contribution in [0.2, 0.25) is 0 Å². The van der Waals surface area contributed by atoms with Gasteiger partial charge in [0.1, 0.15) is 12.4 Å². The number of anilines is 2. The number of Topliss-reactive ketones (excluding diaryl/α,β-unsaturated/α-hetero) is 1. The molecule has 3 N–H and O–H groups in total. The number of likely N-dealkylation sites (N-methyl/N-ethyl adjacent to an activating group) is 1. The van der Waals surface area contributed by atoms with Crippen LogP contribution in [0.5, 0.6) is 5.75 Å². The van der Waals surface area contributed by atoms with Crippen molar-refractivity contribution in [3.05, 3.63) is 72.2 Å². The number of rotatable bonds is 8. The number of pyridine rings is 1. The number of hydrogen-bond donors (Lipinski definition) is 3. The van der Waals surface area contributed by atoms with E-state index in [1.807, 2.05) is 42.5 Å². The Hall–Kier alpha value is -3.91. The number of carbonyl (C=O) groups is 2. The molecule has 1 aliphatic carbocycles. The molecule has 2 heterocycles. The smallest absolute Gasteiger partial charge is 0.245 e. The van der Waals surface area contributed by atoms with Crippen LogP contribution in [-0.2, 0) is 11.2 Å². The molecule has 0 bridgehead atoms. The van der Waals surface area contributed by atoms with E-state index in [9.17, 15) is 14.7 Å². The molecule has 8 heteroatoms. The van der Waals surface area contributed by atoms with Crippen LogP contribution < -0.4 is 10.1 Å². The zero-order chi connectivity index (χ0) is 24.1. The van der Waals surface area contributed by atoms with E-state index in [-0.39, 0.29) is 30.8 Å². The second-order valence-electron chi connectivity index (χ2n) is 8.35. The highest BCUT2D eigenvalue weighted by molar-refractivity contribution is 6.08. The van der Waals surface area contributed by atoms with Crippen LogP contribution in [0.4, 0.5) is 11.4 Å². The first kappa shape index (κ1) is 23.3. The van der Waals surface area contributed by atoms with Crippen molar-refractivity contribution in [1.29, 1.82) is 0 Å². The maximum absolute atomic E-state index is 13.3. The first-order valence-electron chi connectivity index (χ1n) is 11.2. The SMILES string of the molecule is CN(C)C(=O)/C=C/C1CC(=O)c2c([nH]c(-c3ccncc3OCCO)c2Nc2ccccc2)C1. The summed E-state index contributed by atoms with van der Waals surface area (Å²) in [5.74, 6) is 0.314. The lowest BCUT2D eigenvalue weighted by Crippen LogP contribution is -2.21. The first-order valence-corrected chi connectivity index (χ1v) is 11.2. The summed E-state index contributed by atoms with van der Waals surface area (Å²) < 4.78 is 5.71. The second kappa shape index (κ2) is 10.4. The van der Waals surface area contributed by atoms with Gasteiger partial charge in [-0.2, -0.15) is 0 Å². The molecule has 0 radical (unpaired) electrons. The molecule has 1 atom stereocenters. The van der Waals surface area contributed by atoms with Gasteiger partial charge in [0.15, 0.2) is 5.78 Å². The molecule has 176 valence electrons. The highest BCUT2D eigenvalue weighted by Gasteiger charge is 2.31. The fourth-order valence-electron chi connectivity index (χ4n) is 4.04. The van der Waals surface area contributed by atoms with Crippen molar-refractivity contribution < 1.29 is 19.4 Å². The summed E-state index contributed by atoms with van der Waals surface area (Å²) in [6.07, 6.45) is 7.51. The van der Waals surface area contributed by atoms with Crippen molar-refractivity contribution in [2.24, 2.45) is 5.92 Å². The number of aliphatic hydroxyl groups excluding tert-OH is 1. The van der Waals surface area contributed by atoms with Gasteiger partial charge in [-0.1, -0.05) is 24.3 Å². The van der Waals surface area contributed by atoms with Crippen LogP contribution in [0, 0.1) is 5.92 Å². The summed E-state index contributed by atoms with van der Waals surface area (Å²) in [6.45, 7) is 0.00905. The van der Waals surface area contributed by atoms with Gasteiger partial charge < -0.3 is 25.0 Å². The molecule has 3 aromatic rings. The largest absolute Gasteiger partial charge is 0.489 e. The van der Waals surface area contributed by atoms with Gasteiger partial charge in [-0.15, -0.1) is 0 Å². The number of nitrogens with one attached hydrogen (secondary N) is 2. The van der Waals surface area contributed by atoms with E-state index in [4.69, 9.17) is 4.74 Å². The highest BCUT2D eigenvalue weighted by Crippen LogP contribution is 2.42. The summed E-state index contributed by atoms with van der Waals surface area (Å²) >= 11 is 0. The standard InChI is InChI=1S/C26H28N4O4/c1-30(2)23(33)9-8-17-14-20-24(21(32)15-17)26(28-18-6-4-3-5-7-18)25(29-20)19-10-11-27-16-22(19)34-13-12-31/h3-11,16-17,28-29,31H,12-15H2,1-2H3/b9-8+. The number of allylic oxidation sites excluding steroid dienone is 1. The van der Waals surface area contributed by atoms with Crippen molar-refractivity contribution in [2.75, 3.05) is 32.6 Å². The Bertz CT molecular complexity index is 1200. The van der Waals surface area contributed by atoms with Gasteiger partial charge in [0.2, 0.25) is 5.91 Å². The van der Waals surface area contributed by atoms with Crippen molar-refractivity contribution in [1.82, 2.24) is 14.9 Å². The summed E-state index contributed by atoms with van der Waals surface area (Å²) in [6, 6.07) is 11.5. The minimum Gasteiger partial charge on any atom is -0.489 e. The van der Waals surface area contributed by atoms with Gasteiger partial charge in [-0.25, -0.2) is 0 Å². The lowest BCUT2D eigenvalue weighted by molar-refractivity contribution is -0.123. The molecule has 8 nitrogen and oxygen atoms in total. The fourth-order valence-corrected chi connectivity index (χ4v) is 4.04. The number of aromatic amines is 1. The van der Waals surface area contributed by atoms with E-state index in [2.05, 4.69) is 15.3 Å². The van der Waals surface area contributed by atoms with E-state index in [1.54, 1.807) is 26.5 Å². The number of ether oxygens (including phenoxy) is 1. The van der Waals surface area contributed by atoms with E-state index < -0.39 is 0 Å². The average molecular weight is 461 g/mol. The number of benzene rings is 1. The Labute approximate surface area is 198 Å². The Balaban J connectivity index is 1.77. The Kier molecular flexibility index (Phi) is 7.08. The van der Waals surface area contributed by atoms with Crippen LogP contribution in [0.1, 0.15) is 22.5 Å². The van der Waals surface area contributed by atoms with Crippen LogP contribution in [0.15, 0.2) is 60.9 Å². The zero-order valence-electron chi connectivity index (χ0n) is 19.2. The molecule has 0 saturated heterocycles. The molecule has 2 aromatic heterocycles. The number of hydrogen-bond acceptors (Lipinski definition) is 6. The van der Waals surface area contributed by atoms with E-state index in [0.29, 0.717) is 35.5 Å². The number of nitrogens with zero attached hydrogens (tertiary/aromatic N) is 2. The molecule has 1 amide bonds. The third kappa shape index (κ3) is 5.02. The Morgan fingerprint density at radius 3 is 2.79 bits per heavy atom. The molecule has 0 fully saturated rings. The number of carbonyl (C=O) groups excluding carboxylic acids is 2. The predicted molar refractivity (Wildman–Crippen MR) is 130 cm³/mol. The average Bonchev–Trinajstić information content (AvgIpc) is 3.20. The number of H-pyrrole nitrogens is 1. The third-order valence-electron chi connectivity index (χ3n) is 5.67. The minimum atomic E-state index is -0.122. The first-order chi connectivity index (χ1) is 16.5. The Morgan fingerprint density at radius 1 is 1.26 bits per heavy atom. The topological polar surface area (TPSA) is 108 Å². The van der Waals surface area contributed by atoms with Gasteiger partial charge in [0.05, 0.1) is 29.7 Å². The highest BCUT2D eigenvalue weighted by atomic mass is 16.5. The van der Waals surface area contributed by atoms with Gasteiger partial charge in [0.25, 0.3) is 0 Å². The summed E-state index contributed by atoms with van der Waals surface area (Å²) in [7, 11) is 3.39. The molecule has 1 aliphatic rings. The van der Waals surface area contributed by atoms with Gasteiger partial charge in [0, 0.05) is 43.7 Å². The zero-order valence-corrected chi connectivity index (χ0v) is 19.2. The van der Waals surface area contributed by atoms with Crippen molar-refractivity contribution >= 4 is 23.1 Å². The Morgan fingerprint density at radius 2 is 2.06 bits per heavy atom. The predicted octanol–water partition coefficient (Wildman–Crippen LogP) is 3.58. The number of para-hydroxylation sites is 1. The van der Waals surface area contributed by atoms with Gasteiger partial charge in [-0.3, -0.25) is 14.6 Å². The molecule has 34 heavy (non-hydrogen) atoms. The van der Waals surface area contributed by atoms with Crippen LogP contribution in [-0.4, -0.2) is 59.0 Å². The number of aromatic nitrogens is 2. The molecule has 0 aliphatic heterocycles. The number of ketones is 1. The van der Waals surface area contributed by atoms with E-state index in [0.717, 1.165) is 16.9 Å². The molecule has 0 saturated carbocycles. The van der Waals surface area contributed by atoms with E-state index in [1.165, 1.54) is 11.0 Å². The maximum Gasteiger partial charge on any atom is 0.245 e. The van der Waals surface area contributed by atoms with Gasteiger partial charge in [-0.05, 0) is 36.6 Å². The van der Waals surface area contributed by atoms with Crippen molar-refractivity contribution in [3.8, 4) is 17.0 Å².